The number of aromatic nitrogens is 6. The molecule has 1 fully saturated rings. The van der Waals surface area contributed by atoms with Crippen molar-refractivity contribution in [3.8, 4) is 0 Å². The quantitative estimate of drug-likeness (QED) is 0.276. The molecule has 1 aliphatic heterocycles. The van der Waals surface area contributed by atoms with Gasteiger partial charge < -0.3 is 35.1 Å². The predicted octanol–water partition coefficient (Wildman–Crippen LogP) is 2.07. The zero-order chi connectivity index (χ0) is 27.8. The lowest BCUT2D eigenvalue weighted by atomic mass is 10.2. The van der Waals surface area contributed by atoms with Gasteiger partial charge in [-0.1, -0.05) is 0 Å². The van der Waals surface area contributed by atoms with E-state index in [2.05, 4.69) is 46.1 Å². The highest BCUT2D eigenvalue weighted by molar-refractivity contribution is 5.67. The van der Waals surface area contributed by atoms with E-state index in [1.807, 2.05) is 11.8 Å². The Hall–Kier alpha value is -4.18. The molecule has 4 heterocycles. The maximum Gasteiger partial charge on any atom is 0.407 e. The number of aromatic amines is 1. The third-order valence-electron chi connectivity index (χ3n) is 5.61. The molecular weight excluding hydrogens is 518 g/mol. The zero-order valence-electron chi connectivity index (χ0n) is 21.7. The first kappa shape index (κ1) is 27.8. The van der Waals surface area contributed by atoms with Crippen LogP contribution in [0.2, 0.25) is 0 Å². The van der Waals surface area contributed by atoms with Crippen molar-refractivity contribution in [3.63, 3.8) is 0 Å². The van der Waals surface area contributed by atoms with Crippen LogP contribution in [0.5, 0.6) is 0 Å². The number of amides is 1. The molecule has 3 aromatic rings. The molecule has 39 heavy (non-hydrogen) atoms. The van der Waals surface area contributed by atoms with E-state index in [9.17, 15) is 13.6 Å². The predicted molar refractivity (Wildman–Crippen MR) is 136 cm³/mol. The van der Waals surface area contributed by atoms with Crippen molar-refractivity contribution in [2.24, 2.45) is 0 Å². The van der Waals surface area contributed by atoms with Crippen LogP contribution in [0.25, 0.3) is 0 Å². The monoisotopic (exact) mass is 548 g/mol. The number of halogens is 2. The number of carbonyl (C=O) groups is 1. The number of anilines is 4. The van der Waals surface area contributed by atoms with Crippen molar-refractivity contribution >= 4 is 29.8 Å². The Bertz CT molecular complexity index is 1260. The first-order valence-electron chi connectivity index (χ1n) is 12.2. The fraction of sp³-hybridized carbons (Fsp3) is 0.478. The maximum atomic E-state index is 14.6. The minimum absolute atomic E-state index is 0.0124. The van der Waals surface area contributed by atoms with Gasteiger partial charge >= 0.3 is 6.09 Å². The smallest absolute Gasteiger partial charge is 0.407 e. The first-order valence-corrected chi connectivity index (χ1v) is 12.2. The molecule has 3 aromatic heterocycles. The molecule has 0 aromatic carbocycles. The van der Waals surface area contributed by atoms with E-state index in [1.165, 1.54) is 7.11 Å². The van der Waals surface area contributed by atoms with Crippen LogP contribution in [0.1, 0.15) is 24.4 Å². The molecule has 1 amide bonds. The van der Waals surface area contributed by atoms with Gasteiger partial charge in [0.2, 0.25) is 17.8 Å². The van der Waals surface area contributed by atoms with Gasteiger partial charge in [-0.25, -0.2) is 13.6 Å². The van der Waals surface area contributed by atoms with Crippen LogP contribution in [0.4, 0.5) is 37.2 Å². The Morgan fingerprint density at radius 1 is 1.28 bits per heavy atom. The SMILES string of the molecule is CCOC(=O)NC[C@@H]1COCCN1c1nc(Nc2cc(C)[nH]n2)nc(N[C@@H](COC)c2ncc(F)cc2F)n1. The number of H-pyrrole nitrogens is 1. The first-order chi connectivity index (χ1) is 18.9. The summed E-state index contributed by atoms with van der Waals surface area (Å²) in [5.74, 6) is -0.678. The summed E-state index contributed by atoms with van der Waals surface area (Å²) < 4.78 is 43.9. The van der Waals surface area contributed by atoms with Gasteiger partial charge in [0.05, 0.1) is 44.7 Å². The topological polar surface area (TPSA) is 164 Å². The second kappa shape index (κ2) is 13.1. The maximum absolute atomic E-state index is 14.6. The van der Waals surface area contributed by atoms with E-state index >= 15 is 0 Å². The molecule has 14 nitrogen and oxygen atoms in total. The molecular formula is C23H30F2N10O4. The van der Waals surface area contributed by atoms with E-state index in [0.717, 1.165) is 18.0 Å². The van der Waals surface area contributed by atoms with Gasteiger partial charge in [0.25, 0.3) is 0 Å². The Balaban J connectivity index is 1.66. The highest BCUT2D eigenvalue weighted by Gasteiger charge is 2.28. The number of nitrogens with one attached hydrogen (secondary N) is 4. The lowest BCUT2D eigenvalue weighted by molar-refractivity contribution is 0.0911. The number of morpholine rings is 1. The van der Waals surface area contributed by atoms with Gasteiger partial charge in [-0.3, -0.25) is 10.1 Å². The van der Waals surface area contributed by atoms with Gasteiger partial charge in [0, 0.05) is 38.0 Å². The van der Waals surface area contributed by atoms with Gasteiger partial charge in [0.15, 0.2) is 5.82 Å². The van der Waals surface area contributed by atoms with E-state index in [-0.39, 0.29) is 49.3 Å². The van der Waals surface area contributed by atoms with Gasteiger partial charge in [0.1, 0.15) is 17.3 Å². The van der Waals surface area contributed by atoms with Crippen LogP contribution < -0.4 is 20.9 Å². The molecule has 4 rings (SSSR count). The molecule has 0 radical (unpaired) electrons. The molecule has 1 saturated heterocycles. The fourth-order valence-electron chi connectivity index (χ4n) is 3.87. The summed E-state index contributed by atoms with van der Waals surface area (Å²) in [7, 11) is 1.44. The van der Waals surface area contributed by atoms with Crippen LogP contribution in [-0.2, 0) is 14.2 Å². The number of rotatable bonds is 11. The number of nitrogens with zero attached hydrogens (tertiary/aromatic N) is 6. The molecule has 210 valence electrons. The molecule has 0 unspecified atom stereocenters. The largest absolute Gasteiger partial charge is 0.450 e. The van der Waals surface area contributed by atoms with Gasteiger partial charge in [-0.15, -0.1) is 0 Å². The Labute approximate surface area is 222 Å². The highest BCUT2D eigenvalue weighted by Crippen LogP contribution is 2.24. The highest BCUT2D eigenvalue weighted by atomic mass is 19.1. The van der Waals surface area contributed by atoms with E-state index in [0.29, 0.717) is 25.6 Å². The summed E-state index contributed by atoms with van der Waals surface area (Å²) in [6.45, 7) is 5.14. The lowest BCUT2D eigenvalue weighted by Crippen LogP contribution is -2.52. The number of hydrogen-bond donors (Lipinski definition) is 4. The summed E-state index contributed by atoms with van der Waals surface area (Å²) in [5, 5.41) is 15.7. The fourth-order valence-corrected chi connectivity index (χ4v) is 3.87. The molecule has 1 aliphatic rings. The minimum Gasteiger partial charge on any atom is -0.450 e. The molecule has 4 N–H and O–H groups in total. The molecule has 2 atom stereocenters. The standard InChI is InChI=1S/C23H30F2N10O4/c1-4-39-23(36)27-10-15-11-38-6-5-35(15)22-31-20(30-21(32-22)29-18-7-13(2)33-34-18)28-17(12-37-3)19-16(25)8-14(24)9-26-19/h7-9,15,17H,4-6,10-12H2,1-3H3,(H,27,36)(H3,28,29,30,31,32,33,34)/t15-,17+/m1/s1. The van der Waals surface area contributed by atoms with Crippen molar-refractivity contribution in [1.82, 2.24) is 35.5 Å². The Kier molecular flexibility index (Phi) is 9.32. The Morgan fingerprint density at radius 3 is 2.82 bits per heavy atom. The minimum atomic E-state index is -0.850. The van der Waals surface area contributed by atoms with Crippen molar-refractivity contribution < 1.29 is 27.8 Å². The molecule has 0 spiro atoms. The number of carbonyl (C=O) groups excluding carboxylic acids is 1. The lowest BCUT2D eigenvalue weighted by Gasteiger charge is -2.35. The third-order valence-corrected chi connectivity index (χ3v) is 5.61. The molecule has 0 aliphatic carbocycles. The summed E-state index contributed by atoms with van der Waals surface area (Å²) in [5.41, 5.74) is 0.752. The number of ether oxygens (including phenoxy) is 3. The normalized spacial score (nSPS) is 16.0. The van der Waals surface area contributed by atoms with Crippen LogP contribution in [0.15, 0.2) is 18.3 Å². The third kappa shape index (κ3) is 7.44. The van der Waals surface area contributed by atoms with Crippen LogP contribution in [-0.4, -0.2) is 88.9 Å². The van der Waals surface area contributed by atoms with Crippen molar-refractivity contribution in [2.75, 3.05) is 62.2 Å². The van der Waals surface area contributed by atoms with E-state index in [1.54, 1.807) is 13.0 Å². The van der Waals surface area contributed by atoms with Gasteiger partial charge in [-0.05, 0) is 13.8 Å². The summed E-state index contributed by atoms with van der Waals surface area (Å²) >= 11 is 0. The van der Waals surface area contributed by atoms with E-state index < -0.39 is 23.8 Å². The van der Waals surface area contributed by atoms with Crippen LogP contribution in [0.3, 0.4) is 0 Å². The van der Waals surface area contributed by atoms with Crippen molar-refractivity contribution in [2.45, 2.75) is 25.9 Å². The number of pyridine rings is 1. The summed E-state index contributed by atoms with van der Waals surface area (Å²) in [6.07, 6.45) is 0.372. The average molecular weight is 549 g/mol. The van der Waals surface area contributed by atoms with E-state index in [4.69, 9.17) is 14.2 Å². The molecule has 0 bridgehead atoms. The van der Waals surface area contributed by atoms with Gasteiger partial charge in [-0.2, -0.15) is 20.1 Å². The second-order valence-corrected chi connectivity index (χ2v) is 8.54. The van der Waals surface area contributed by atoms with Crippen LogP contribution >= 0.6 is 0 Å². The molecule has 0 saturated carbocycles. The zero-order valence-corrected chi connectivity index (χ0v) is 21.7. The van der Waals surface area contributed by atoms with Crippen molar-refractivity contribution in [3.05, 3.63) is 41.4 Å². The number of hydrogen-bond acceptors (Lipinski definition) is 12. The Morgan fingerprint density at radius 2 is 2.10 bits per heavy atom. The number of aryl methyl sites for hydroxylation is 1. The average Bonchev–Trinajstić information content (AvgIpc) is 3.31. The second-order valence-electron chi connectivity index (χ2n) is 8.54. The molecule has 16 heteroatoms. The number of methoxy groups -OCH3 is 1. The van der Waals surface area contributed by atoms with Crippen LogP contribution in [0, 0.1) is 18.6 Å². The summed E-state index contributed by atoms with van der Waals surface area (Å²) in [6, 6.07) is 1.35. The van der Waals surface area contributed by atoms with Crippen molar-refractivity contribution in [1.29, 1.82) is 0 Å². The summed E-state index contributed by atoms with van der Waals surface area (Å²) in [4.78, 5) is 31.2. The number of alkyl carbamates (subject to hydrolysis) is 1.